The first-order valence-electron chi connectivity index (χ1n) is 4.02. The van der Waals surface area contributed by atoms with Crippen molar-refractivity contribution in [1.29, 1.82) is 0 Å². The van der Waals surface area contributed by atoms with Crippen LogP contribution in [-0.2, 0) is 32.7 Å². The number of hydrogen-bond donors (Lipinski definition) is 0. The SMILES string of the molecule is C.[2HH].[B]1CCCCCC1.[CH2-]C.[Y]. The average molecular weight is 232 g/mol. The molecule has 1 rings (SSSR count). The van der Waals surface area contributed by atoms with E-state index in [0.29, 0.717) is 0 Å². The molecule has 0 N–H and O–H groups in total. The predicted molar refractivity (Wildman–Crippen MR) is 53.7 cm³/mol. The van der Waals surface area contributed by atoms with E-state index < -0.39 is 0 Å². The van der Waals surface area contributed by atoms with Gasteiger partial charge in [0.2, 0.25) is 0 Å². The third-order valence-corrected chi connectivity index (χ3v) is 1.57. The van der Waals surface area contributed by atoms with Gasteiger partial charge in [-0.3, -0.25) is 0 Å². The Morgan fingerprint density at radius 3 is 1.73 bits per heavy atom. The molecule has 1 aliphatic heterocycles. The van der Waals surface area contributed by atoms with Crippen LogP contribution in [0.4, 0.5) is 0 Å². The van der Waals surface area contributed by atoms with E-state index in [1.807, 2.05) is 0 Å². The quantitative estimate of drug-likeness (QED) is 0.439. The minimum absolute atomic E-state index is 0. The Hall–Kier alpha value is 1.17. The van der Waals surface area contributed by atoms with Crippen LogP contribution in [0.15, 0.2) is 0 Å². The molecular formula is C9H23BY-. The van der Waals surface area contributed by atoms with Crippen LogP contribution in [0.1, 0.15) is 41.5 Å². The van der Waals surface area contributed by atoms with E-state index in [-0.39, 0.29) is 41.6 Å². The summed E-state index contributed by atoms with van der Waals surface area (Å²) in [5.74, 6) is 0. The van der Waals surface area contributed by atoms with Crippen molar-refractivity contribution in [2.75, 3.05) is 0 Å². The summed E-state index contributed by atoms with van der Waals surface area (Å²) in [6, 6.07) is 0. The molecule has 0 saturated carbocycles. The van der Waals surface area contributed by atoms with Crippen LogP contribution in [0.5, 0.6) is 0 Å². The van der Waals surface area contributed by atoms with Gasteiger partial charge in [-0.2, -0.15) is 6.92 Å². The Morgan fingerprint density at radius 2 is 1.36 bits per heavy atom. The van der Waals surface area contributed by atoms with Crippen molar-refractivity contribution < 1.29 is 34.1 Å². The Kier molecular flexibility index (Phi) is 28.4. The Bertz CT molecular complexity index is 34.1. The normalized spacial score (nSPS) is 15.1. The van der Waals surface area contributed by atoms with Crippen LogP contribution in [0.25, 0.3) is 0 Å². The van der Waals surface area contributed by atoms with E-state index in [2.05, 4.69) is 14.2 Å². The molecule has 2 heteroatoms. The molecule has 0 aromatic heterocycles. The van der Waals surface area contributed by atoms with Crippen molar-refractivity contribution in [3.63, 3.8) is 0 Å². The summed E-state index contributed by atoms with van der Waals surface area (Å²) in [5, 5.41) is 0. The Labute approximate surface area is 101 Å². The van der Waals surface area contributed by atoms with Gasteiger partial charge in [0, 0.05) is 34.1 Å². The van der Waals surface area contributed by atoms with Crippen LogP contribution in [0.2, 0.25) is 12.6 Å². The topological polar surface area (TPSA) is 0 Å². The fourth-order valence-electron chi connectivity index (χ4n) is 1.08. The Morgan fingerprint density at radius 1 is 1.00 bits per heavy atom. The zero-order valence-electron chi connectivity index (χ0n) is 7.10. The van der Waals surface area contributed by atoms with Crippen molar-refractivity contribution in [1.82, 2.24) is 0 Å². The second kappa shape index (κ2) is 17.3. The standard InChI is InChI=1S/C6H12B.C2H5.CH4.Y.H2/c1-2-4-6-7-5-3-1;1-2;;;/h1-6H2;1H2,2H3;1H4;;1H/q;-1;;;/i;;;;1+1. The number of rotatable bonds is 0. The summed E-state index contributed by atoms with van der Waals surface area (Å²) in [7, 11) is 2.42. The van der Waals surface area contributed by atoms with E-state index in [9.17, 15) is 0 Å². The van der Waals surface area contributed by atoms with Crippen LogP contribution in [0, 0.1) is 6.92 Å². The molecule has 2 radical (unpaired) electrons. The van der Waals surface area contributed by atoms with Crippen LogP contribution >= 0.6 is 0 Å². The maximum Gasteiger partial charge on any atom is 0.109 e. The summed E-state index contributed by atoms with van der Waals surface area (Å²) in [4.78, 5) is 0. The summed E-state index contributed by atoms with van der Waals surface area (Å²) in [5.41, 5.74) is 0. The second-order valence-electron chi connectivity index (χ2n) is 2.28. The molecule has 0 aliphatic carbocycles. The van der Waals surface area contributed by atoms with Crippen molar-refractivity contribution >= 4 is 7.28 Å². The minimum Gasteiger partial charge on any atom is -0.346 e. The van der Waals surface area contributed by atoms with E-state index in [4.69, 9.17) is 0 Å². The summed E-state index contributed by atoms with van der Waals surface area (Å²) in [6.45, 7) is 5.00. The third-order valence-electron chi connectivity index (χ3n) is 1.57. The zero-order valence-corrected chi connectivity index (χ0v) is 9.94. The van der Waals surface area contributed by atoms with Crippen LogP contribution in [-0.4, -0.2) is 7.28 Å². The molecule has 1 heterocycles. The van der Waals surface area contributed by atoms with Gasteiger partial charge in [0.05, 0.1) is 0 Å². The molecule has 0 atom stereocenters. The van der Waals surface area contributed by atoms with Gasteiger partial charge in [0.25, 0.3) is 0 Å². The van der Waals surface area contributed by atoms with Gasteiger partial charge in [0.1, 0.15) is 7.28 Å². The molecule has 11 heavy (non-hydrogen) atoms. The maximum absolute atomic E-state index is 3.25. The van der Waals surface area contributed by atoms with E-state index >= 15 is 0 Å². The molecule has 0 unspecified atom stereocenters. The largest absolute Gasteiger partial charge is 0.346 e. The van der Waals surface area contributed by atoms with Gasteiger partial charge >= 0.3 is 0 Å². The van der Waals surface area contributed by atoms with E-state index in [1.165, 1.54) is 38.3 Å². The first-order valence-corrected chi connectivity index (χ1v) is 4.02. The molecule has 1 saturated heterocycles. The van der Waals surface area contributed by atoms with Crippen molar-refractivity contribution in [3.8, 4) is 0 Å². The Balaban J connectivity index is -0.0000000600. The van der Waals surface area contributed by atoms with E-state index in [1.54, 1.807) is 6.92 Å². The molecule has 0 bridgehead atoms. The summed E-state index contributed by atoms with van der Waals surface area (Å²) >= 11 is 0. The van der Waals surface area contributed by atoms with Gasteiger partial charge in [-0.15, -0.1) is 0 Å². The fraction of sp³-hybridized carbons (Fsp3) is 0.889. The molecule has 0 aromatic rings. The first-order chi connectivity index (χ1) is 4.50. The fourth-order valence-corrected chi connectivity index (χ4v) is 1.08. The predicted octanol–water partition coefficient (Wildman–Crippen LogP) is 3.82. The van der Waals surface area contributed by atoms with Gasteiger partial charge in [0.15, 0.2) is 0 Å². The molecule has 0 spiro atoms. The zero-order chi connectivity index (χ0) is 6.95. The first kappa shape index (κ1) is 18.1. The second-order valence-corrected chi connectivity index (χ2v) is 2.28. The average Bonchev–Trinajstić information content (AvgIpc) is 2.21. The smallest absolute Gasteiger partial charge is 0.109 e. The van der Waals surface area contributed by atoms with E-state index in [0.717, 1.165) is 0 Å². The summed E-state index contributed by atoms with van der Waals surface area (Å²) in [6.07, 6.45) is 8.58. The molecule has 0 amide bonds. The van der Waals surface area contributed by atoms with Crippen molar-refractivity contribution in [2.24, 2.45) is 0 Å². The molecular weight excluding hydrogens is 208 g/mol. The third kappa shape index (κ3) is 14.1. The molecule has 66 valence electrons. The molecule has 0 nitrogen and oxygen atoms in total. The summed E-state index contributed by atoms with van der Waals surface area (Å²) < 4.78 is 0. The van der Waals surface area contributed by atoms with Crippen LogP contribution < -0.4 is 0 Å². The van der Waals surface area contributed by atoms with Crippen molar-refractivity contribution in [3.05, 3.63) is 6.92 Å². The van der Waals surface area contributed by atoms with Crippen molar-refractivity contribution in [2.45, 2.75) is 52.7 Å². The monoisotopic (exact) mass is 232 g/mol. The number of hydrogen-bond acceptors (Lipinski definition) is 0. The van der Waals surface area contributed by atoms with Gasteiger partial charge in [-0.1, -0.05) is 45.8 Å². The van der Waals surface area contributed by atoms with Gasteiger partial charge < -0.3 is 6.92 Å². The van der Waals surface area contributed by atoms with Gasteiger partial charge in [-0.25, -0.2) is 0 Å². The molecule has 0 aromatic carbocycles. The van der Waals surface area contributed by atoms with Gasteiger partial charge in [-0.05, 0) is 0 Å². The minimum atomic E-state index is 0. The maximum atomic E-state index is 3.25. The van der Waals surface area contributed by atoms with Crippen LogP contribution in [0.3, 0.4) is 0 Å². The molecule has 1 fully saturated rings. The molecule has 1 aliphatic rings.